The molecule has 15 heavy (non-hydrogen) atoms. The fourth-order valence-electron chi connectivity index (χ4n) is 1.70. The van der Waals surface area contributed by atoms with Crippen molar-refractivity contribution >= 4 is 5.91 Å². The average Bonchev–Trinajstić information content (AvgIpc) is 2.27. The number of morpholine rings is 1. The Morgan fingerprint density at radius 3 is 3.00 bits per heavy atom. The Hall–Kier alpha value is -0.650. The van der Waals surface area contributed by atoms with Gasteiger partial charge in [-0.25, -0.2) is 0 Å². The normalized spacial score (nSPS) is 27.7. The van der Waals surface area contributed by atoms with Gasteiger partial charge in [-0.15, -0.1) is 0 Å². The second-order valence-electron chi connectivity index (χ2n) is 3.96. The first kappa shape index (κ1) is 12.4. The SMILES string of the molecule is CNC(=O)CCN1CC(CN)OCC1C. The Balaban J connectivity index is 2.34. The maximum atomic E-state index is 11.1. The fraction of sp³-hybridized carbons (Fsp3) is 0.900. The zero-order valence-electron chi connectivity index (χ0n) is 9.53. The lowest BCUT2D eigenvalue weighted by molar-refractivity contribution is -0.121. The third-order valence-corrected chi connectivity index (χ3v) is 2.80. The van der Waals surface area contributed by atoms with Crippen molar-refractivity contribution in [1.29, 1.82) is 0 Å². The maximum Gasteiger partial charge on any atom is 0.221 e. The summed E-state index contributed by atoms with van der Waals surface area (Å²) in [5, 5.41) is 2.62. The number of ether oxygens (including phenoxy) is 1. The lowest BCUT2D eigenvalue weighted by Crippen LogP contribution is -2.51. The van der Waals surface area contributed by atoms with E-state index in [1.165, 1.54) is 0 Å². The molecule has 1 aliphatic heterocycles. The van der Waals surface area contributed by atoms with E-state index in [-0.39, 0.29) is 12.0 Å². The van der Waals surface area contributed by atoms with Crippen molar-refractivity contribution in [2.45, 2.75) is 25.5 Å². The molecule has 1 amide bonds. The van der Waals surface area contributed by atoms with Crippen LogP contribution >= 0.6 is 0 Å². The summed E-state index contributed by atoms with van der Waals surface area (Å²) in [5.74, 6) is 0.0815. The Morgan fingerprint density at radius 2 is 2.40 bits per heavy atom. The summed E-state index contributed by atoms with van der Waals surface area (Å²) < 4.78 is 5.54. The van der Waals surface area contributed by atoms with Crippen LogP contribution in [0.2, 0.25) is 0 Å². The molecule has 0 aromatic heterocycles. The molecule has 0 aromatic carbocycles. The van der Waals surface area contributed by atoms with E-state index in [2.05, 4.69) is 17.1 Å². The fourth-order valence-corrected chi connectivity index (χ4v) is 1.70. The van der Waals surface area contributed by atoms with Gasteiger partial charge < -0.3 is 15.8 Å². The van der Waals surface area contributed by atoms with Crippen LogP contribution in [0.15, 0.2) is 0 Å². The Bertz CT molecular complexity index is 211. The van der Waals surface area contributed by atoms with E-state index in [0.717, 1.165) is 13.1 Å². The molecule has 0 bridgehead atoms. The van der Waals surface area contributed by atoms with Crippen molar-refractivity contribution < 1.29 is 9.53 Å². The molecule has 0 aliphatic carbocycles. The van der Waals surface area contributed by atoms with Gasteiger partial charge in [0.25, 0.3) is 0 Å². The predicted octanol–water partition coefficient (Wildman–Crippen LogP) is -0.829. The van der Waals surface area contributed by atoms with Crippen LogP contribution in [-0.2, 0) is 9.53 Å². The highest BCUT2D eigenvalue weighted by atomic mass is 16.5. The van der Waals surface area contributed by atoms with E-state index >= 15 is 0 Å². The van der Waals surface area contributed by atoms with Gasteiger partial charge in [-0.05, 0) is 6.92 Å². The quantitative estimate of drug-likeness (QED) is 0.642. The summed E-state index contributed by atoms with van der Waals surface area (Å²) in [6.07, 6.45) is 0.656. The Labute approximate surface area is 90.9 Å². The number of carbonyl (C=O) groups is 1. The topological polar surface area (TPSA) is 67.6 Å². The van der Waals surface area contributed by atoms with Crippen molar-refractivity contribution in [3.63, 3.8) is 0 Å². The molecule has 88 valence electrons. The van der Waals surface area contributed by atoms with Crippen LogP contribution in [0, 0.1) is 0 Å². The Morgan fingerprint density at radius 1 is 1.67 bits per heavy atom. The molecule has 0 radical (unpaired) electrons. The lowest BCUT2D eigenvalue weighted by atomic mass is 10.2. The first-order valence-corrected chi connectivity index (χ1v) is 5.43. The van der Waals surface area contributed by atoms with E-state index in [0.29, 0.717) is 25.6 Å². The number of hydrogen-bond donors (Lipinski definition) is 2. The first-order chi connectivity index (χ1) is 7.17. The van der Waals surface area contributed by atoms with Crippen LogP contribution in [0.25, 0.3) is 0 Å². The third kappa shape index (κ3) is 3.77. The van der Waals surface area contributed by atoms with Crippen molar-refractivity contribution in [1.82, 2.24) is 10.2 Å². The summed E-state index contributed by atoms with van der Waals surface area (Å²) in [6.45, 7) is 4.96. The number of hydrogen-bond acceptors (Lipinski definition) is 4. The molecule has 1 aliphatic rings. The van der Waals surface area contributed by atoms with Crippen molar-refractivity contribution in [2.75, 3.05) is 33.3 Å². The first-order valence-electron chi connectivity index (χ1n) is 5.43. The maximum absolute atomic E-state index is 11.1. The summed E-state index contributed by atoms with van der Waals surface area (Å²) in [5.41, 5.74) is 5.56. The number of amides is 1. The van der Waals surface area contributed by atoms with Crippen LogP contribution < -0.4 is 11.1 Å². The minimum absolute atomic E-state index is 0.0815. The molecule has 1 fully saturated rings. The molecule has 1 heterocycles. The van der Waals surface area contributed by atoms with Gasteiger partial charge in [0, 0.05) is 39.1 Å². The number of nitrogens with two attached hydrogens (primary N) is 1. The number of nitrogens with one attached hydrogen (secondary N) is 1. The molecule has 1 rings (SSSR count). The second-order valence-corrected chi connectivity index (χ2v) is 3.96. The van der Waals surface area contributed by atoms with Crippen molar-refractivity contribution in [3.8, 4) is 0 Å². The lowest BCUT2D eigenvalue weighted by Gasteiger charge is -2.37. The van der Waals surface area contributed by atoms with Gasteiger partial charge in [0.15, 0.2) is 0 Å². The van der Waals surface area contributed by atoms with Gasteiger partial charge in [-0.2, -0.15) is 0 Å². The zero-order chi connectivity index (χ0) is 11.3. The monoisotopic (exact) mass is 215 g/mol. The van der Waals surface area contributed by atoms with E-state index in [1.54, 1.807) is 7.05 Å². The molecule has 2 unspecified atom stereocenters. The van der Waals surface area contributed by atoms with Crippen molar-refractivity contribution in [3.05, 3.63) is 0 Å². The van der Waals surface area contributed by atoms with Crippen LogP contribution in [0.1, 0.15) is 13.3 Å². The van der Waals surface area contributed by atoms with Gasteiger partial charge in [0.2, 0.25) is 5.91 Å². The molecular weight excluding hydrogens is 194 g/mol. The largest absolute Gasteiger partial charge is 0.374 e. The molecule has 1 saturated heterocycles. The molecule has 5 heteroatoms. The van der Waals surface area contributed by atoms with E-state index in [1.807, 2.05) is 0 Å². The smallest absolute Gasteiger partial charge is 0.221 e. The van der Waals surface area contributed by atoms with E-state index in [9.17, 15) is 4.79 Å². The summed E-state index contributed by atoms with van der Waals surface area (Å²) in [7, 11) is 1.66. The van der Waals surface area contributed by atoms with Crippen molar-refractivity contribution in [2.24, 2.45) is 5.73 Å². The molecular formula is C10H21N3O2. The van der Waals surface area contributed by atoms with Gasteiger partial charge in [-0.1, -0.05) is 0 Å². The number of carbonyl (C=O) groups excluding carboxylic acids is 1. The molecule has 0 spiro atoms. The minimum Gasteiger partial charge on any atom is -0.374 e. The molecule has 0 aromatic rings. The highest BCUT2D eigenvalue weighted by Gasteiger charge is 2.24. The second kappa shape index (κ2) is 6.05. The summed E-state index contributed by atoms with van der Waals surface area (Å²) in [4.78, 5) is 13.4. The van der Waals surface area contributed by atoms with Gasteiger partial charge in [-0.3, -0.25) is 9.69 Å². The zero-order valence-corrected chi connectivity index (χ0v) is 9.53. The number of rotatable bonds is 4. The van der Waals surface area contributed by atoms with Crippen LogP contribution in [0.5, 0.6) is 0 Å². The third-order valence-electron chi connectivity index (χ3n) is 2.80. The summed E-state index contributed by atoms with van der Waals surface area (Å²) >= 11 is 0. The number of nitrogens with zero attached hydrogens (tertiary/aromatic N) is 1. The Kier molecular flexibility index (Phi) is 5.01. The van der Waals surface area contributed by atoms with Gasteiger partial charge in [0.1, 0.15) is 0 Å². The molecule has 0 saturated carbocycles. The van der Waals surface area contributed by atoms with Crippen LogP contribution in [0.4, 0.5) is 0 Å². The van der Waals surface area contributed by atoms with E-state index < -0.39 is 0 Å². The summed E-state index contributed by atoms with van der Waals surface area (Å²) in [6, 6.07) is 0.373. The standard InChI is InChI=1S/C10H21N3O2/c1-8-7-15-9(5-11)6-13(8)4-3-10(14)12-2/h8-9H,3-7,11H2,1-2H3,(H,12,14). The average molecular weight is 215 g/mol. The van der Waals surface area contributed by atoms with Gasteiger partial charge in [0.05, 0.1) is 12.7 Å². The highest BCUT2D eigenvalue weighted by molar-refractivity contribution is 5.75. The highest BCUT2D eigenvalue weighted by Crippen LogP contribution is 2.11. The minimum atomic E-state index is 0.0815. The van der Waals surface area contributed by atoms with Gasteiger partial charge >= 0.3 is 0 Å². The van der Waals surface area contributed by atoms with E-state index in [4.69, 9.17) is 10.5 Å². The van der Waals surface area contributed by atoms with Crippen LogP contribution in [-0.4, -0.2) is 56.2 Å². The molecule has 2 atom stereocenters. The molecule has 3 N–H and O–H groups in total. The predicted molar refractivity (Wildman–Crippen MR) is 58.5 cm³/mol. The molecule has 5 nitrogen and oxygen atoms in total. The van der Waals surface area contributed by atoms with Crippen LogP contribution in [0.3, 0.4) is 0 Å².